The van der Waals surface area contributed by atoms with E-state index in [0.717, 1.165) is 12.4 Å². The number of rotatable bonds is 3. The molecule has 0 radical (unpaired) electrons. The molecule has 0 atom stereocenters. The molecule has 0 saturated carbocycles. The van der Waals surface area contributed by atoms with Gasteiger partial charge in [0.25, 0.3) is 5.91 Å². The molecule has 7 heteroatoms. The first-order chi connectivity index (χ1) is 7.56. The van der Waals surface area contributed by atoms with Gasteiger partial charge < -0.3 is 17.2 Å². The summed E-state index contributed by atoms with van der Waals surface area (Å²) in [5.74, 6) is -1.63. The van der Waals surface area contributed by atoms with E-state index in [2.05, 4.69) is 10.2 Å². The van der Waals surface area contributed by atoms with Crippen molar-refractivity contribution in [2.24, 2.45) is 27.4 Å². The molecule has 0 aliphatic rings. The minimum atomic E-state index is -0.848. The van der Waals surface area contributed by atoms with E-state index >= 15 is 0 Å². The Morgan fingerprint density at radius 3 is 2.56 bits per heavy atom. The first-order valence-electron chi connectivity index (χ1n) is 4.22. The Balaban J connectivity index is 3.11. The molecule has 0 fully saturated rings. The standard InChI is InChI=1S/C9H10FN5O/c10-7-3-5(8(12)15-14-4-11)1-2-6(7)9(13)16/h1-4H,(H2,11,14)(H2,12,15)(H2,13,16). The van der Waals surface area contributed by atoms with Gasteiger partial charge in [-0.25, -0.2) is 4.39 Å². The number of amidine groups is 1. The first kappa shape index (κ1) is 11.6. The number of carbonyl (C=O) groups is 1. The van der Waals surface area contributed by atoms with Crippen LogP contribution in [0.15, 0.2) is 28.4 Å². The predicted molar refractivity (Wildman–Crippen MR) is 58.3 cm³/mol. The lowest BCUT2D eigenvalue weighted by Crippen LogP contribution is -2.16. The van der Waals surface area contributed by atoms with Crippen molar-refractivity contribution in [3.63, 3.8) is 0 Å². The van der Waals surface area contributed by atoms with Gasteiger partial charge in [0, 0.05) is 5.56 Å². The highest BCUT2D eigenvalue weighted by molar-refractivity contribution is 5.99. The molecule has 0 aliphatic carbocycles. The normalized spacial score (nSPS) is 11.9. The third-order valence-corrected chi connectivity index (χ3v) is 1.76. The van der Waals surface area contributed by atoms with Crippen LogP contribution in [-0.2, 0) is 0 Å². The molecule has 16 heavy (non-hydrogen) atoms. The van der Waals surface area contributed by atoms with E-state index < -0.39 is 11.7 Å². The van der Waals surface area contributed by atoms with Crippen LogP contribution in [0.2, 0.25) is 0 Å². The lowest BCUT2D eigenvalue weighted by Gasteiger charge is -2.02. The van der Waals surface area contributed by atoms with Crippen LogP contribution < -0.4 is 17.2 Å². The van der Waals surface area contributed by atoms with E-state index in [1.807, 2.05) is 0 Å². The average molecular weight is 223 g/mol. The molecule has 6 N–H and O–H groups in total. The third kappa shape index (κ3) is 2.53. The number of benzene rings is 1. The number of hydrogen-bond donors (Lipinski definition) is 3. The quantitative estimate of drug-likeness (QED) is 0.365. The van der Waals surface area contributed by atoms with Crippen LogP contribution in [0.5, 0.6) is 0 Å². The van der Waals surface area contributed by atoms with Crippen molar-refractivity contribution in [2.45, 2.75) is 0 Å². The topological polar surface area (TPSA) is 120 Å². The molecule has 0 heterocycles. The molecule has 0 saturated heterocycles. The first-order valence-corrected chi connectivity index (χ1v) is 4.22. The summed E-state index contributed by atoms with van der Waals surface area (Å²) >= 11 is 0. The second-order valence-corrected chi connectivity index (χ2v) is 2.81. The third-order valence-electron chi connectivity index (χ3n) is 1.76. The number of carbonyl (C=O) groups excluding carboxylic acids is 1. The molecule has 0 bridgehead atoms. The molecule has 1 aromatic carbocycles. The summed E-state index contributed by atoms with van der Waals surface area (Å²) in [6, 6.07) is 3.68. The number of nitrogens with zero attached hydrogens (tertiary/aromatic N) is 2. The smallest absolute Gasteiger partial charge is 0.251 e. The maximum Gasteiger partial charge on any atom is 0.251 e. The highest BCUT2D eigenvalue weighted by Gasteiger charge is 2.09. The minimum absolute atomic E-state index is 0.0170. The van der Waals surface area contributed by atoms with E-state index in [1.54, 1.807) is 0 Å². The maximum atomic E-state index is 13.3. The highest BCUT2D eigenvalue weighted by Crippen LogP contribution is 2.09. The highest BCUT2D eigenvalue weighted by atomic mass is 19.1. The molecule has 1 rings (SSSR count). The summed E-state index contributed by atoms with van der Waals surface area (Å²) in [6.45, 7) is 0. The molecule has 6 nitrogen and oxygen atoms in total. The zero-order valence-corrected chi connectivity index (χ0v) is 8.22. The van der Waals surface area contributed by atoms with Crippen LogP contribution in [0, 0.1) is 5.82 Å². The largest absolute Gasteiger partial charge is 0.388 e. The van der Waals surface area contributed by atoms with Crippen LogP contribution in [0.3, 0.4) is 0 Å². The van der Waals surface area contributed by atoms with E-state index in [4.69, 9.17) is 17.2 Å². The zero-order valence-electron chi connectivity index (χ0n) is 8.22. The van der Waals surface area contributed by atoms with Crippen LogP contribution in [0.25, 0.3) is 0 Å². The van der Waals surface area contributed by atoms with Gasteiger partial charge in [0.1, 0.15) is 12.2 Å². The van der Waals surface area contributed by atoms with Crippen LogP contribution >= 0.6 is 0 Å². The van der Waals surface area contributed by atoms with Crippen LogP contribution in [0.1, 0.15) is 15.9 Å². The zero-order chi connectivity index (χ0) is 12.1. The molecular weight excluding hydrogens is 213 g/mol. The van der Waals surface area contributed by atoms with Gasteiger partial charge in [0.2, 0.25) is 0 Å². The molecule has 0 aliphatic heterocycles. The number of primary amides is 1. The van der Waals surface area contributed by atoms with Crippen molar-refractivity contribution in [2.75, 3.05) is 0 Å². The second-order valence-electron chi connectivity index (χ2n) is 2.81. The van der Waals surface area contributed by atoms with Gasteiger partial charge >= 0.3 is 0 Å². The van der Waals surface area contributed by atoms with Gasteiger partial charge in [-0.3, -0.25) is 4.79 Å². The van der Waals surface area contributed by atoms with Gasteiger partial charge in [-0.1, -0.05) is 6.07 Å². The van der Waals surface area contributed by atoms with Crippen LogP contribution in [-0.4, -0.2) is 18.1 Å². The van der Waals surface area contributed by atoms with Gasteiger partial charge in [0.05, 0.1) is 5.56 Å². The maximum absolute atomic E-state index is 13.3. The molecule has 0 unspecified atom stereocenters. The second kappa shape index (κ2) is 4.87. The predicted octanol–water partition coefficient (Wildman–Crippen LogP) is -0.468. The van der Waals surface area contributed by atoms with Gasteiger partial charge in [-0.2, -0.15) is 0 Å². The minimum Gasteiger partial charge on any atom is -0.388 e. The van der Waals surface area contributed by atoms with E-state index in [1.165, 1.54) is 12.1 Å². The molecule has 1 amide bonds. The fourth-order valence-corrected chi connectivity index (χ4v) is 1.03. The average Bonchev–Trinajstić information content (AvgIpc) is 2.25. The Bertz CT molecular complexity index is 469. The van der Waals surface area contributed by atoms with Crippen molar-refractivity contribution in [1.82, 2.24) is 0 Å². The molecular formula is C9H10FN5O. The lowest BCUT2D eigenvalue weighted by atomic mass is 10.1. The van der Waals surface area contributed by atoms with E-state index in [9.17, 15) is 9.18 Å². The Kier molecular flexibility index (Phi) is 3.54. The summed E-state index contributed by atoms with van der Waals surface area (Å²) in [5, 5.41) is 6.82. The summed E-state index contributed by atoms with van der Waals surface area (Å²) in [7, 11) is 0. The SMILES string of the molecule is N/C=N\N=C(/N)c1ccc(C(N)=O)c(F)c1. The van der Waals surface area contributed by atoms with Crippen molar-refractivity contribution in [1.29, 1.82) is 0 Å². The lowest BCUT2D eigenvalue weighted by molar-refractivity contribution is 0.0996. The Morgan fingerprint density at radius 1 is 1.38 bits per heavy atom. The summed E-state index contributed by atoms with van der Waals surface area (Å²) in [5.41, 5.74) is 15.4. The Hall–Kier alpha value is -2.44. The monoisotopic (exact) mass is 223 g/mol. The van der Waals surface area contributed by atoms with Crippen molar-refractivity contribution in [3.8, 4) is 0 Å². The molecule has 1 aromatic rings. The number of halogens is 1. The van der Waals surface area contributed by atoms with Crippen molar-refractivity contribution < 1.29 is 9.18 Å². The van der Waals surface area contributed by atoms with Gasteiger partial charge in [0.15, 0.2) is 5.84 Å². The molecule has 84 valence electrons. The fraction of sp³-hybridized carbons (Fsp3) is 0. The number of nitrogens with two attached hydrogens (primary N) is 3. The molecule has 0 aromatic heterocycles. The summed E-state index contributed by atoms with van der Waals surface area (Å²) in [6.07, 6.45) is 0.945. The number of hydrogen-bond acceptors (Lipinski definition) is 3. The van der Waals surface area contributed by atoms with Crippen molar-refractivity contribution in [3.05, 3.63) is 35.1 Å². The van der Waals surface area contributed by atoms with Gasteiger partial charge in [-0.05, 0) is 12.1 Å². The van der Waals surface area contributed by atoms with E-state index in [-0.39, 0.29) is 17.0 Å². The Morgan fingerprint density at radius 2 is 2.06 bits per heavy atom. The van der Waals surface area contributed by atoms with Crippen LogP contribution in [0.4, 0.5) is 4.39 Å². The number of amides is 1. The molecule has 0 spiro atoms. The summed E-state index contributed by atoms with van der Waals surface area (Å²) < 4.78 is 13.3. The van der Waals surface area contributed by atoms with Gasteiger partial charge in [-0.15, -0.1) is 10.2 Å². The fourth-order valence-electron chi connectivity index (χ4n) is 1.03. The van der Waals surface area contributed by atoms with Crippen molar-refractivity contribution >= 4 is 18.1 Å². The Labute approximate surface area is 90.6 Å². The summed E-state index contributed by atoms with van der Waals surface area (Å²) in [4.78, 5) is 10.8. The van der Waals surface area contributed by atoms with E-state index in [0.29, 0.717) is 0 Å².